The Hall–Kier alpha value is 0.870. The van der Waals surface area contributed by atoms with Crippen LogP contribution in [0.2, 0.25) is 0 Å². The average molecular weight is 403 g/mol. The maximum atomic E-state index is 11.6. The van der Waals surface area contributed by atoms with E-state index in [0.29, 0.717) is 0 Å². The van der Waals surface area contributed by atoms with Gasteiger partial charge in [0.1, 0.15) is 0 Å². The molecular formula is C20H43NaO4S. The number of hydrogen-bond acceptors (Lipinski definition) is 4. The second kappa shape index (κ2) is 22.2. The molecule has 0 spiro atoms. The summed E-state index contributed by atoms with van der Waals surface area (Å²) in [5.74, 6) is 0. The molecule has 0 unspecified atom stereocenters. The van der Waals surface area contributed by atoms with Crippen molar-refractivity contribution in [2.75, 3.05) is 13.2 Å². The van der Waals surface area contributed by atoms with Crippen LogP contribution in [0.1, 0.15) is 118 Å². The van der Waals surface area contributed by atoms with E-state index in [2.05, 4.69) is 13.8 Å². The molecule has 0 aromatic heterocycles. The fourth-order valence-electron chi connectivity index (χ4n) is 2.83. The van der Waals surface area contributed by atoms with Gasteiger partial charge in [-0.05, 0) is 12.8 Å². The molecule has 0 aliphatic heterocycles. The van der Waals surface area contributed by atoms with E-state index < -0.39 is 10.4 Å². The molecule has 0 radical (unpaired) electrons. The van der Waals surface area contributed by atoms with Gasteiger partial charge >= 0.3 is 40.0 Å². The standard InChI is InChI=1S/C20H42O4S.Na.H/c1-3-5-7-9-11-13-15-17-19-23-25(21,22)24-20-18-16-14-12-10-8-6-4-2;;/h3-20H2,1-2H3;;/q;+1;-1. The molecule has 0 bridgehead atoms. The summed E-state index contributed by atoms with van der Waals surface area (Å²) in [6.45, 7) is 4.92. The minimum Gasteiger partial charge on any atom is -1.00 e. The van der Waals surface area contributed by atoms with Gasteiger partial charge in [-0.2, -0.15) is 8.42 Å². The topological polar surface area (TPSA) is 52.6 Å². The van der Waals surface area contributed by atoms with Crippen molar-refractivity contribution in [1.29, 1.82) is 0 Å². The maximum Gasteiger partial charge on any atom is 1.00 e. The average Bonchev–Trinajstić information content (AvgIpc) is 2.59. The van der Waals surface area contributed by atoms with Gasteiger partial charge in [-0.3, -0.25) is 0 Å². The zero-order valence-corrected chi connectivity index (χ0v) is 20.6. The van der Waals surface area contributed by atoms with Gasteiger partial charge in [0, 0.05) is 0 Å². The van der Waals surface area contributed by atoms with Crippen molar-refractivity contribution in [2.24, 2.45) is 0 Å². The number of hydrogen-bond donors (Lipinski definition) is 0. The van der Waals surface area contributed by atoms with Crippen molar-refractivity contribution in [3.63, 3.8) is 0 Å². The van der Waals surface area contributed by atoms with Crippen molar-refractivity contribution < 1.29 is 47.8 Å². The molecule has 154 valence electrons. The van der Waals surface area contributed by atoms with Crippen molar-refractivity contribution in [2.45, 2.75) is 117 Å². The molecule has 0 aromatic carbocycles. The van der Waals surface area contributed by atoms with Crippen LogP contribution in [-0.4, -0.2) is 21.6 Å². The summed E-state index contributed by atoms with van der Waals surface area (Å²) in [6.07, 6.45) is 18.8. The van der Waals surface area contributed by atoms with Crippen LogP contribution in [0.25, 0.3) is 0 Å². The molecule has 0 atom stereocenters. The van der Waals surface area contributed by atoms with Crippen LogP contribution in [0.3, 0.4) is 0 Å². The van der Waals surface area contributed by atoms with Crippen molar-refractivity contribution >= 4 is 10.4 Å². The normalized spacial score (nSPS) is 11.5. The Morgan fingerprint density at radius 2 is 0.808 bits per heavy atom. The Morgan fingerprint density at radius 3 is 1.12 bits per heavy atom. The van der Waals surface area contributed by atoms with E-state index in [1.165, 1.54) is 64.2 Å². The van der Waals surface area contributed by atoms with Gasteiger partial charge in [0.2, 0.25) is 0 Å². The van der Waals surface area contributed by atoms with Crippen LogP contribution in [0.4, 0.5) is 0 Å². The third-order valence-electron chi connectivity index (χ3n) is 4.45. The van der Waals surface area contributed by atoms with Crippen LogP contribution in [0.15, 0.2) is 0 Å². The van der Waals surface area contributed by atoms with Crippen LogP contribution < -0.4 is 29.6 Å². The van der Waals surface area contributed by atoms with E-state index in [4.69, 9.17) is 8.37 Å². The minimum atomic E-state index is -3.79. The maximum absolute atomic E-state index is 11.6. The predicted octanol–water partition coefficient (Wildman–Crippen LogP) is 3.66. The second-order valence-corrected chi connectivity index (χ2v) is 8.29. The van der Waals surface area contributed by atoms with Gasteiger partial charge in [0.25, 0.3) is 0 Å². The molecule has 0 heterocycles. The Kier molecular flexibility index (Phi) is 24.8. The van der Waals surface area contributed by atoms with Crippen LogP contribution in [0.5, 0.6) is 0 Å². The zero-order valence-electron chi connectivity index (χ0n) is 18.8. The summed E-state index contributed by atoms with van der Waals surface area (Å²) in [5.41, 5.74) is 0. The summed E-state index contributed by atoms with van der Waals surface area (Å²) in [4.78, 5) is 0. The van der Waals surface area contributed by atoms with Crippen LogP contribution in [0, 0.1) is 0 Å². The largest absolute Gasteiger partial charge is 1.00 e. The monoisotopic (exact) mass is 402 g/mol. The van der Waals surface area contributed by atoms with Gasteiger partial charge in [-0.15, -0.1) is 0 Å². The summed E-state index contributed by atoms with van der Waals surface area (Å²) in [6, 6.07) is 0. The SMILES string of the molecule is CCCCCCCCCCOS(=O)(=O)OCCCCCCCCCC.[H-].[Na+]. The molecule has 0 saturated heterocycles. The molecule has 26 heavy (non-hydrogen) atoms. The first-order chi connectivity index (χ1) is 12.1. The molecule has 0 aliphatic carbocycles. The Labute approximate surface area is 187 Å². The molecule has 0 fully saturated rings. The molecule has 0 aromatic rings. The van der Waals surface area contributed by atoms with E-state index >= 15 is 0 Å². The fraction of sp³-hybridized carbons (Fsp3) is 1.00. The summed E-state index contributed by atoms with van der Waals surface area (Å²) in [5, 5.41) is 0. The Balaban J connectivity index is -0.00000288. The van der Waals surface area contributed by atoms with Crippen LogP contribution >= 0.6 is 0 Å². The molecular weight excluding hydrogens is 359 g/mol. The van der Waals surface area contributed by atoms with Gasteiger partial charge in [0.05, 0.1) is 13.2 Å². The molecule has 0 amide bonds. The molecule has 0 rings (SSSR count). The minimum absolute atomic E-state index is 0. The summed E-state index contributed by atoms with van der Waals surface area (Å²) in [7, 11) is -3.79. The predicted molar refractivity (Wildman–Crippen MR) is 107 cm³/mol. The number of rotatable bonds is 20. The second-order valence-electron chi connectivity index (χ2n) is 7.00. The first-order valence-electron chi connectivity index (χ1n) is 10.7. The van der Waals surface area contributed by atoms with Crippen molar-refractivity contribution in [1.82, 2.24) is 0 Å². The smallest absolute Gasteiger partial charge is 1.00 e. The van der Waals surface area contributed by atoms with E-state index in [-0.39, 0.29) is 44.2 Å². The quantitative estimate of drug-likeness (QED) is 0.230. The summed E-state index contributed by atoms with van der Waals surface area (Å²) >= 11 is 0. The Bertz CT molecular complexity index is 339. The van der Waals surface area contributed by atoms with Gasteiger partial charge < -0.3 is 1.43 Å². The number of unbranched alkanes of at least 4 members (excludes halogenated alkanes) is 14. The zero-order chi connectivity index (χ0) is 18.6. The van der Waals surface area contributed by atoms with E-state index in [0.717, 1.165) is 38.5 Å². The third-order valence-corrected chi connectivity index (χ3v) is 5.36. The summed E-state index contributed by atoms with van der Waals surface area (Å²) < 4.78 is 33.0. The van der Waals surface area contributed by atoms with Gasteiger partial charge in [-0.1, -0.05) is 104 Å². The first-order valence-corrected chi connectivity index (χ1v) is 12.0. The molecule has 6 heteroatoms. The third kappa shape index (κ3) is 22.9. The Morgan fingerprint density at radius 1 is 0.538 bits per heavy atom. The molecule has 0 saturated carbocycles. The van der Waals surface area contributed by atoms with Gasteiger partial charge in [-0.25, -0.2) is 8.37 Å². The fourth-order valence-corrected chi connectivity index (χ4v) is 3.54. The first kappa shape index (κ1) is 29.1. The molecule has 0 N–H and O–H groups in total. The van der Waals surface area contributed by atoms with E-state index in [1.807, 2.05) is 0 Å². The molecule has 4 nitrogen and oxygen atoms in total. The van der Waals surface area contributed by atoms with E-state index in [9.17, 15) is 8.42 Å². The van der Waals surface area contributed by atoms with Gasteiger partial charge in [0.15, 0.2) is 0 Å². The van der Waals surface area contributed by atoms with Crippen LogP contribution in [-0.2, 0) is 18.8 Å². The van der Waals surface area contributed by atoms with Crippen molar-refractivity contribution in [3.8, 4) is 0 Å². The van der Waals surface area contributed by atoms with E-state index in [1.54, 1.807) is 0 Å². The molecule has 0 aliphatic rings. The van der Waals surface area contributed by atoms with Crippen molar-refractivity contribution in [3.05, 3.63) is 0 Å².